The first-order valence-corrected chi connectivity index (χ1v) is 44.2. The molecule has 20 nitrogen and oxygen atoms in total. The van der Waals surface area contributed by atoms with Crippen LogP contribution in [0.25, 0.3) is 0 Å². The predicted molar refractivity (Wildman–Crippen MR) is 458 cm³/mol. The highest BCUT2D eigenvalue weighted by Gasteiger charge is 2.52. The lowest BCUT2D eigenvalue weighted by Gasteiger charge is -2.55. The molecule has 0 radical (unpaired) electrons. The van der Waals surface area contributed by atoms with Gasteiger partial charge in [-0.15, -0.1) is 0 Å². The first-order chi connectivity index (χ1) is 50.0. The lowest BCUT2D eigenvalue weighted by Crippen LogP contribution is -2.64. The maximum Gasteiger partial charge on any atom is 0.232 e. The van der Waals surface area contributed by atoms with Crippen LogP contribution in [0.2, 0.25) is 0 Å². The van der Waals surface area contributed by atoms with Gasteiger partial charge in [-0.05, 0) is 295 Å². The van der Waals surface area contributed by atoms with E-state index in [4.69, 9.17) is 39.6 Å². The van der Waals surface area contributed by atoms with E-state index < -0.39 is 0 Å². The van der Waals surface area contributed by atoms with Crippen LogP contribution in [0.3, 0.4) is 0 Å². The molecule has 0 bridgehead atoms. The Kier molecular flexibility index (Phi) is 29.8. The highest BCUT2D eigenvalue weighted by molar-refractivity contribution is 5.51. The fraction of sp³-hybridized carbons (Fsp3) is 0.932. The lowest BCUT2D eigenvalue weighted by molar-refractivity contribution is -0.282. The summed E-state index contributed by atoms with van der Waals surface area (Å²) in [5.74, 6) is 5.04. The highest BCUT2D eigenvalue weighted by atomic mass is 16.7. The first kappa shape index (κ1) is 90.0. The molecule has 6 saturated heterocycles. The number of nitrogens with one attached hydrogen (secondary N) is 4. The van der Waals surface area contributed by atoms with E-state index in [2.05, 4.69) is 269 Å². The minimum atomic E-state index is -0.265. The molecule has 20 heteroatoms. The van der Waals surface area contributed by atoms with Crippen molar-refractivity contribution < 1.29 is 9.68 Å². The summed E-state index contributed by atoms with van der Waals surface area (Å²) in [6.45, 7) is 77.9. The largest absolute Gasteiger partial charge is 0.338 e. The van der Waals surface area contributed by atoms with Gasteiger partial charge < -0.3 is 50.7 Å². The zero-order chi connectivity index (χ0) is 80.1. The van der Waals surface area contributed by atoms with Crippen LogP contribution in [-0.2, 0) is 9.68 Å². The number of piperidine rings is 6. The second-order valence-corrected chi connectivity index (χ2v) is 42.9. The van der Waals surface area contributed by atoms with Crippen molar-refractivity contribution in [3.63, 3.8) is 0 Å². The van der Waals surface area contributed by atoms with Gasteiger partial charge in [0.15, 0.2) is 0 Å². The lowest BCUT2D eigenvalue weighted by atomic mass is 9.78. The summed E-state index contributed by atoms with van der Waals surface area (Å²) in [7, 11) is 0. The Labute approximate surface area is 662 Å². The molecule has 6 aliphatic heterocycles. The Hall–Kier alpha value is -3.50. The summed E-state index contributed by atoms with van der Waals surface area (Å²) in [5, 5.41) is 20.9. The molecular weight excluding hydrogens is 1340 g/mol. The summed E-state index contributed by atoms with van der Waals surface area (Å²) in [4.78, 5) is 65.2. The summed E-state index contributed by atoms with van der Waals surface area (Å²) < 4.78 is 0. The Bertz CT molecular complexity index is 2680. The molecule has 0 amide bonds. The molecule has 622 valence electrons. The van der Waals surface area contributed by atoms with Gasteiger partial charge in [-0.1, -0.05) is 80.1 Å². The van der Waals surface area contributed by atoms with Crippen molar-refractivity contribution in [1.82, 2.24) is 61.3 Å². The van der Waals surface area contributed by atoms with Gasteiger partial charge in [-0.25, -0.2) is 0 Å². The van der Waals surface area contributed by atoms with Gasteiger partial charge in [0.25, 0.3) is 0 Å². The van der Waals surface area contributed by atoms with E-state index in [1.165, 1.54) is 0 Å². The van der Waals surface area contributed by atoms with Crippen LogP contribution in [0.5, 0.6) is 0 Å². The fourth-order valence-electron chi connectivity index (χ4n) is 22.2. The molecule has 0 atom stereocenters. The third kappa shape index (κ3) is 24.1. The zero-order valence-corrected chi connectivity index (χ0v) is 75.6. The van der Waals surface area contributed by atoms with Crippen LogP contribution >= 0.6 is 0 Å². The van der Waals surface area contributed by atoms with Gasteiger partial charge in [0.2, 0.25) is 35.7 Å². The number of rotatable bonds is 37. The minimum absolute atomic E-state index is 0.0664. The SMILES string of the molecule is CCCCN(c1nc(N(CCCC)C2CC(C)(C)NC(C)(C)C2)nc(N(CCCCCCN(c2nc(N(CCCC)C3CC(C)(C)NC(C)(C)C3)nc(N(CCCC)C3CC(C)(C)NC(C)(C)C3)n2)C2CC(C)(C)N(OCCC)C(C)(C)C2)C2CC(C)(C)N(OCCC)C(C)(C)C2)n1)C1CC(C)(C)NC(C)(C)C1. The van der Waals surface area contributed by atoms with E-state index in [-0.39, 0.29) is 103 Å². The second-order valence-electron chi connectivity index (χ2n) is 42.9. The molecular formula is C88H168N18O2. The van der Waals surface area contributed by atoms with Gasteiger partial charge in [0.05, 0.1) is 13.2 Å². The Morgan fingerprint density at radius 2 is 0.417 bits per heavy atom. The minimum Gasteiger partial charge on any atom is -0.338 e. The van der Waals surface area contributed by atoms with Crippen LogP contribution in [0.4, 0.5) is 35.7 Å². The zero-order valence-electron chi connectivity index (χ0n) is 75.6. The van der Waals surface area contributed by atoms with Gasteiger partial charge in [-0.3, -0.25) is 9.68 Å². The molecule has 2 aromatic rings. The monoisotopic (exact) mass is 1510 g/mol. The molecule has 108 heavy (non-hydrogen) atoms. The molecule has 0 aliphatic carbocycles. The van der Waals surface area contributed by atoms with Gasteiger partial charge in [0.1, 0.15) is 0 Å². The van der Waals surface area contributed by atoms with Crippen molar-refractivity contribution in [3.05, 3.63) is 0 Å². The molecule has 0 unspecified atom stereocenters. The van der Waals surface area contributed by atoms with Crippen molar-refractivity contribution in [2.75, 3.05) is 81.9 Å². The van der Waals surface area contributed by atoms with Crippen molar-refractivity contribution in [2.45, 2.75) is 477 Å². The van der Waals surface area contributed by atoms with Crippen LogP contribution in [0.1, 0.15) is 375 Å². The maximum atomic E-state index is 6.81. The molecule has 6 aliphatic rings. The van der Waals surface area contributed by atoms with E-state index in [1.807, 2.05) is 0 Å². The first-order valence-electron chi connectivity index (χ1n) is 44.2. The second kappa shape index (κ2) is 35.7. The normalized spacial score (nSPS) is 24.2. The van der Waals surface area contributed by atoms with E-state index >= 15 is 0 Å². The quantitative estimate of drug-likeness (QED) is 0.0471. The maximum absolute atomic E-state index is 6.81. The molecule has 6 fully saturated rings. The Morgan fingerprint density at radius 1 is 0.250 bits per heavy atom. The fourth-order valence-corrected chi connectivity index (χ4v) is 22.2. The average Bonchev–Trinajstić information content (AvgIpc) is 0.764. The van der Waals surface area contributed by atoms with Gasteiger partial charge >= 0.3 is 0 Å². The summed E-state index contributed by atoms with van der Waals surface area (Å²) in [6.07, 6.45) is 26.3. The van der Waals surface area contributed by atoms with Crippen molar-refractivity contribution in [3.8, 4) is 0 Å². The molecule has 4 N–H and O–H groups in total. The van der Waals surface area contributed by atoms with Gasteiger partial charge in [-0.2, -0.15) is 40.0 Å². The Balaban J connectivity index is 1.25. The number of hydroxylamine groups is 4. The number of unbranched alkanes of at least 4 members (excludes halogenated alkanes) is 7. The summed E-state index contributed by atoms with van der Waals surface area (Å²) >= 11 is 0. The van der Waals surface area contributed by atoms with E-state index in [9.17, 15) is 0 Å². The molecule has 2 aromatic heterocycles. The highest BCUT2D eigenvalue weighted by Crippen LogP contribution is 2.46. The average molecular weight is 1510 g/mol. The van der Waals surface area contributed by atoms with Crippen molar-refractivity contribution in [1.29, 1.82) is 0 Å². The van der Waals surface area contributed by atoms with Crippen LogP contribution < -0.4 is 50.7 Å². The topological polar surface area (TPSA) is 170 Å². The number of hydrogen-bond donors (Lipinski definition) is 4. The van der Waals surface area contributed by atoms with Crippen LogP contribution in [-0.4, -0.2) is 195 Å². The van der Waals surface area contributed by atoms with Crippen LogP contribution in [0, 0.1) is 0 Å². The predicted octanol–water partition coefficient (Wildman–Crippen LogP) is 18.3. The number of aromatic nitrogens is 6. The molecule has 8 rings (SSSR count). The Morgan fingerprint density at radius 3 is 0.583 bits per heavy atom. The molecule has 0 saturated carbocycles. The number of anilines is 6. The van der Waals surface area contributed by atoms with Crippen LogP contribution in [0.15, 0.2) is 0 Å². The van der Waals surface area contributed by atoms with Crippen molar-refractivity contribution >= 4 is 35.7 Å². The third-order valence-electron chi connectivity index (χ3n) is 24.6. The summed E-state index contributed by atoms with van der Waals surface area (Å²) in [5.41, 5.74) is -1.59. The van der Waals surface area contributed by atoms with E-state index in [0.29, 0.717) is 13.2 Å². The molecule has 0 aromatic carbocycles. The molecule has 8 heterocycles. The van der Waals surface area contributed by atoms with E-state index in [0.717, 1.165) is 242 Å². The number of hydrogen-bond acceptors (Lipinski definition) is 20. The number of nitrogens with zero attached hydrogens (tertiary/aromatic N) is 14. The third-order valence-corrected chi connectivity index (χ3v) is 24.6. The molecule has 0 spiro atoms. The van der Waals surface area contributed by atoms with Crippen molar-refractivity contribution in [2.24, 2.45) is 0 Å². The smallest absolute Gasteiger partial charge is 0.232 e. The summed E-state index contributed by atoms with van der Waals surface area (Å²) in [6, 6.07) is 1.26. The standard InChI is InChI=1S/C88H168N18O2/c1-31-37-45-99(65-53-77(7,8)95-78(9,10)54-65)71-89-72(100(46-38-32-2)66-55-79(11,12)96-80(13,14)56-66)92-75(91-71)103(69-61-85(23,24)105(107-51-35-5)86(25,26)62-69)49-43-41-42-44-50-104(70-63-87(27,28)106(108-52-36-6)88(29,30)64-70)76-93-73(101(47-39-33-3)67-57-81(15,16)97-82(17,18)58-67)90-74(94-76)102(48-40-34-4)68-59-83(19,20)98-84(21,22)60-68/h65-70,95-98H,31-64H2,1-30H3. The van der Waals surface area contributed by atoms with Gasteiger partial charge in [0, 0.05) is 142 Å². The van der Waals surface area contributed by atoms with E-state index in [1.54, 1.807) is 0 Å².